The van der Waals surface area contributed by atoms with E-state index >= 15 is 0 Å². The Balaban J connectivity index is 2.17. The zero-order valence-corrected chi connectivity index (χ0v) is 9.88. The van der Waals surface area contributed by atoms with Crippen LogP contribution < -0.4 is 10.5 Å². The van der Waals surface area contributed by atoms with Gasteiger partial charge in [0.25, 0.3) is 5.69 Å². The summed E-state index contributed by atoms with van der Waals surface area (Å²) in [5.41, 5.74) is 6.42. The molecule has 2 rings (SSSR count). The molecule has 0 unspecified atom stereocenters. The highest BCUT2D eigenvalue weighted by molar-refractivity contribution is 5.52. The fourth-order valence-corrected chi connectivity index (χ4v) is 1.55. The van der Waals surface area contributed by atoms with Gasteiger partial charge in [0.1, 0.15) is 6.61 Å². The predicted octanol–water partition coefficient (Wildman–Crippen LogP) is 2.90. The third-order valence-electron chi connectivity index (χ3n) is 2.56. The van der Waals surface area contributed by atoms with Crippen molar-refractivity contribution in [3.8, 4) is 5.75 Å². The second-order valence-corrected chi connectivity index (χ2v) is 3.86. The van der Waals surface area contributed by atoms with Crippen molar-refractivity contribution in [3.05, 3.63) is 64.0 Å². The Kier molecular flexibility index (Phi) is 3.61. The third kappa shape index (κ3) is 2.98. The monoisotopic (exact) mass is 262 g/mol. The van der Waals surface area contributed by atoms with Crippen molar-refractivity contribution in [1.82, 2.24) is 0 Å². The summed E-state index contributed by atoms with van der Waals surface area (Å²) in [6, 6.07) is 9.98. The Labute approximate surface area is 108 Å². The molecular formula is C13H11FN2O3. The fourth-order valence-electron chi connectivity index (χ4n) is 1.55. The first-order valence-electron chi connectivity index (χ1n) is 5.48. The number of nitrogen functional groups attached to an aromatic ring is 1. The van der Waals surface area contributed by atoms with Crippen LogP contribution in [0.3, 0.4) is 0 Å². The summed E-state index contributed by atoms with van der Waals surface area (Å²) in [5.74, 6) is -0.417. The molecule has 0 saturated heterocycles. The smallest absolute Gasteiger partial charge is 0.269 e. The second kappa shape index (κ2) is 5.34. The van der Waals surface area contributed by atoms with Gasteiger partial charge in [-0.25, -0.2) is 4.39 Å². The lowest BCUT2D eigenvalue weighted by atomic mass is 10.1. The number of hydrogen-bond acceptors (Lipinski definition) is 4. The number of non-ortho nitro benzene ring substituents is 1. The van der Waals surface area contributed by atoms with Crippen molar-refractivity contribution in [2.75, 3.05) is 5.73 Å². The van der Waals surface area contributed by atoms with E-state index in [0.717, 1.165) is 0 Å². The Bertz CT molecular complexity index is 617. The minimum atomic E-state index is -0.522. The summed E-state index contributed by atoms with van der Waals surface area (Å²) in [5, 5.41) is 10.7. The number of anilines is 1. The molecule has 19 heavy (non-hydrogen) atoms. The van der Waals surface area contributed by atoms with Crippen LogP contribution in [-0.4, -0.2) is 4.92 Å². The molecule has 0 heterocycles. The number of nitro groups is 1. The molecule has 0 fully saturated rings. The van der Waals surface area contributed by atoms with E-state index in [9.17, 15) is 14.5 Å². The first kappa shape index (κ1) is 12.8. The number of nitrogens with two attached hydrogens (primary N) is 1. The van der Waals surface area contributed by atoms with Gasteiger partial charge in [0.15, 0.2) is 11.6 Å². The normalized spacial score (nSPS) is 10.2. The molecule has 0 aromatic heterocycles. The molecule has 0 bridgehead atoms. The Morgan fingerprint density at radius 2 is 2.00 bits per heavy atom. The van der Waals surface area contributed by atoms with E-state index in [-0.39, 0.29) is 18.0 Å². The zero-order chi connectivity index (χ0) is 13.8. The van der Waals surface area contributed by atoms with Crippen LogP contribution in [0.2, 0.25) is 0 Å². The van der Waals surface area contributed by atoms with Crippen LogP contribution in [0, 0.1) is 15.9 Å². The van der Waals surface area contributed by atoms with Gasteiger partial charge >= 0.3 is 0 Å². The van der Waals surface area contributed by atoms with E-state index in [1.54, 1.807) is 12.1 Å². The van der Waals surface area contributed by atoms with Crippen molar-refractivity contribution in [1.29, 1.82) is 0 Å². The van der Waals surface area contributed by atoms with Crippen molar-refractivity contribution in [3.63, 3.8) is 0 Å². The van der Waals surface area contributed by atoms with Gasteiger partial charge in [-0.2, -0.15) is 0 Å². The summed E-state index contributed by atoms with van der Waals surface area (Å²) >= 11 is 0. The van der Waals surface area contributed by atoms with Gasteiger partial charge < -0.3 is 10.5 Å². The molecule has 2 aromatic rings. The predicted molar refractivity (Wildman–Crippen MR) is 68.2 cm³/mol. The van der Waals surface area contributed by atoms with E-state index in [1.807, 2.05) is 0 Å². The lowest BCUT2D eigenvalue weighted by Gasteiger charge is -2.09. The molecule has 98 valence electrons. The molecule has 0 spiro atoms. The number of ether oxygens (including phenoxy) is 1. The second-order valence-electron chi connectivity index (χ2n) is 3.86. The van der Waals surface area contributed by atoms with Crippen molar-refractivity contribution < 1.29 is 14.1 Å². The first-order valence-corrected chi connectivity index (χ1v) is 5.48. The lowest BCUT2D eigenvalue weighted by Crippen LogP contribution is -2.02. The van der Waals surface area contributed by atoms with Crippen LogP contribution in [0.15, 0.2) is 42.5 Å². The van der Waals surface area contributed by atoms with Crippen LogP contribution in [0.25, 0.3) is 0 Å². The number of rotatable bonds is 4. The van der Waals surface area contributed by atoms with E-state index < -0.39 is 10.7 Å². The largest absolute Gasteiger partial charge is 0.486 e. The molecule has 0 atom stereocenters. The van der Waals surface area contributed by atoms with Gasteiger partial charge in [-0.15, -0.1) is 0 Å². The maximum Gasteiger partial charge on any atom is 0.269 e. The van der Waals surface area contributed by atoms with Crippen LogP contribution in [0.4, 0.5) is 15.8 Å². The summed E-state index contributed by atoms with van der Waals surface area (Å²) in [7, 11) is 0. The summed E-state index contributed by atoms with van der Waals surface area (Å²) in [6.07, 6.45) is 0. The van der Waals surface area contributed by atoms with Gasteiger partial charge in [-0.1, -0.05) is 12.1 Å². The Morgan fingerprint density at radius 3 is 2.68 bits per heavy atom. The highest BCUT2D eigenvalue weighted by Crippen LogP contribution is 2.22. The molecule has 0 aliphatic carbocycles. The molecular weight excluding hydrogens is 251 g/mol. The molecule has 6 heteroatoms. The first-order chi connectivity index (χ1) is 9.08. The summed E-state index contributed by atoms with van der Waals surface area (Å²) in [4.78, 5) is 10.1. The standard InChI is InChI=1S/C13H11FN2O3/c14-11-3-1-2-4-13(11)19-8-9-7-10(16(17)18)5-6-12(9)15/h1-7H,8,15H2. The molecule has 0 amide bonds. The molecule has 2 N–H and O–H groups in total. The fraction of sp³-hybridized carbons (Fsp3) is 0.0769. The van der Waals surface area contributed by atoms with Crippen LogP contribution in [0.5, 0.6) is 5.75 Å². The third-order valence-corrected chi connectivity index (χ3v) is 2.56. The van der Waals surface area contributed by atoms with Gasteiger partial charge in [0.2, 0.25) is 0 Å². The molecule has 0 radical (unpaired) electrons. The van der Waals surface area contributed by atoms with Gasteiger partial charge in [0.05, 0.1) is 4.92 Å². The maximum atomic E-state index is 13.3. The van der Waals surface area contributed by atoms with E-state index in [2.05, 4.69) is 0 Å². The Morgan fingerprint density at radius 1 is 1.26 bits per heavy atom. The number of hydrogen-bond donors (Lipinski definition) is 1. The summed E-state index contributed by atoms with van der Waals surface area (Å²) < 4.78 is 18.6. The van der Waals surface area contributed by atoms with Crippen LogP contribution in [0.1, 0.15) is 5.56 Å². The zero-order valence-electron chi connectivity index (χ0n) is 9.88. The van der Waals surface area contributed by atoms with Gasteiger partial charge in [-0.3, -0.25) is 10.1 Å². The van der Waals surface area contributed by atoms with Crippen molar-refractivity contribution in [2.24, 2.45) is 0 Å². The number of nitrogens with zero attached hydrogens (tertiary/aromatic N) is 1. The average molecular weight is 262 g/mol. The minimum Gasteiger partial charge on any atom is -0.486 e. The highest BCUT2D eigenvalue weighted by atomic mass is 19.1. The van der Waals surface area contributed by atoms with E-state index in [4.69, 9.17) is 10.5 Å². The maximum absolute atomic E-state index is 13.3. The topological polar surface area (TPSA) is 78.4 Å². The highest BCUT2D eigenvalue weighted by Gasteiger charge is 2.10. The minimum absolute atomic E-state index is 0.0333. The summed E-state index contributed by atoms with van der Waals surface area (Å²) in [6.45, 7) is -0.0333. The van der Waals surface area contributed by atoms with E-state index in [1.165, 1.54) is 30.3 Å². The number of nitro benzene ring substituents is 1. The van der Waals surface area contributed by atoms with Crippen LogP contribution in [-0.2, 0) is 6.61 Å². The molecule has 5 nitrogen and oxygen atoms in total. The number of para-hydroxylation sites is 1. The molecule has 0 aliphatic heterocycles. The van der Waals surface area contributed by atoms with Crippen molar-refractivity contribution in [2.45, 2.75) is 6.61 Å². The van der Waals surface area contributed by atoms with Crippen molar-refractivity contribution >= 4 is 11.4 Å². The Hall–Kier alpha value is -2.63. The molecule has 0 aliphatic rings. The molecule has 0 saturated carbocycles. The van der Waals surface area contributed by atoms with Gasteiger partial charge in [-0.05, 0) is 18.2 Å². The quantitative estimate of drug-likeness (QED) is 0.522. The van der Waals surface area contributed by atoms with E-state index in [0.29, 0.717) is 11.3 Å². The number of benzene rings is 2. The SMILES string of the molecule is Nc1ccc([N+](=O)[O-])cc1COc1ccccc1F. The number of halogens is 1. The lowest BCUT2D eigenvalue weighted by molar-refractivity contribution is -0.384. The molecule has 2 aromatic carbocycles. The van der Waals surface area contributed by atoms with Gasteiger partial charge in [0, 0.05) is 23.4 Å². The average Bonchev–Trinajstić information content (AvgIpc) is 2.39. The van der Waals surface area contributed by atoms with Crippen LogP contribution >= 0.6 is 0 Å².